The molecular weight excluding hydrogens is 302 g/mol. The monoisotopic (exact) mass is 325 g/mol. The first-order valence-electron chi connectivity index (χ1n) is 7.58. The number of anilines is 1. The molecule has 2 rings (SSSR count). The van der Waals surface area contributed by atoms with E-state index in [1.807, 2.05) is 6.07 Å². The van der Waals surface area contributed by atoms with Gasteiger partial charge in [0.2, 0.25) is 0 Å². The molecule has 1 fully saturated rings. The number of hydrogen-bond acceptors (Lipinski definition) is 5. The molecule has 0 aliphatic heterocycles. The molecule has 1 saturated carbocycles. The van der Waals surface area contributed by atoms with Gasteiger partial charge in [-0.15, -0.1) is 0 Å². The molecular formula is C16H23NO4S. The van der Waals surface area contributed by atoms with E-state index in [2.05, 4.69) is 0 Å². The maximum absolute atomic E-state index is 11.6. The lowest BCUT2D eigenvalue weighted by molar-refractivity contribution is -0.144. The Bertz CT molecular complexity index is 654. The fourth-order valence-electron chi connectivity index (χ4n) is 3.11. The molecule has 0 heterocycles. The lowest BCUT2D eigenvalue weighted by Gasteiger charge is -2.20. The maximum Gasteiger partial charge on any atom is 0.305 e. The van der Waals surface area contributed by atoms with Gasteiger partial charge in [0.15, 0.2) is 9.84 Å². The molecule has 122 valence electrons. The lowest BCUT2D eigenvalue weighted by Crippen LogP contribution is -2.16. The zero-order valence-corrected chi connectivity index (χ0v) is 13.9. The normalized spacial score (nSPS) is 21.7. The van der Waals surface area contributed by atoms with Crippen molar-refractivity contribution in [3.63, 3.8) is 0 Å². The van der Waals surface area contributed by atoms with E-state index in [1.54, 1.807) is 19.1 Å². The van der Waals surface area contributed by atoms with E-state index in [0.717, 1.165) is 31.1 Å². The number of esters is 1. The summed E-state index contributed by atoms with van der Waals surface area (Å²) in [6.07, 6.45) is 4.63. The Morgan fingerprint density at radius 1 is 1.36 bits per heavy atom. The highest BCUT2D eigenvalue weighted by molar-refractivity contribution is 7.90. The zero-order valence-electron chi connectivity index (χ0n) is 13.0. The average molecular weight is 325 g/mol. The topological polar surface area (TPSA) is 86.5 Å². The van der Waals surface area contributed by atoms with Gasteiger partial charge >= 0.3 is 5.97 Å². The van der Waals surface area contributed by atoms with Gasteiger partial charge in [-0.1, -0.05) is 19.4 Å². The van der Waals surface area contributed by atoms with Gasteiger partial charge in [-0.3, -0.25) is 4.79 Å². The first-order valence-corrected chi connectivity index (χ1v) is 9.47. The Labute approximate surface area is 131 Å². The van der Waals surface area contributed by atoms with Crippen LogP contribution >= 0.6 is 0 Å². The molecule has 0 saturated heterocycles. The van der Waals surface area contributed by atoms with Crippen LogP contribution in [0.3, 0.4) is 0 Å². The van der Waals surface area contributed by atoms with E-state index in [-0.39, 0.29) is 28.4 Å². The number of carbonyl (C=O) groups is 1. The van der Waals surface area contributed by atoms with Crippen LogP contribution in [0.15, 0.2) is 23.1 Å². The summed E-state index contributed by atoms with van der Waals surface area (Å²) in [6.45, 7) is 2.20. The maximum atomic E-state index is 11.6. The van der Waals surface area contributed by atoms with Crippen molar-refractivity contribution < 1.29 is 17.9 Å². The Balaban J connectivity index is 2.16. The van der Waals surface area contributed by atoms with Crippen molar-refractivity contribution in [2.24, 2.45) is 5.92 Å². The summed E-state index contributed by atoms with van der Waals surface area (Å²) in [7, 11) is -3.31. The second-order valence-electron chi connectivity index (χ2n) is 5.90. The van der Waals surface area contributed by atoms with Gasteiger partial charge in [0.1, 0.15) is 0 Å². The van der Waals surface area contributed by atoms with Gasteiger partial charge in [-0.2, -0.15) is 0 Å². The molecule has 0 amide bonds. The molecule has 0 radical (unpaired) electrons. The van der Waals surface area contributed by atoms with Gasteiger partial charge in [0.05, 0.1) is 17.2 Å². The molecule has 6 heteroatoms. The first-order chi connectivity index (χ1) is 10.3. The summed E-state index contributed by atoms with van der Waals surface area (Å²) in [5.41, 5.74) is 7.22. The smallest absolute Gasteiger partial charge is 0.305 e. The van der Waals surface area contributed by atoms with E-state index in [4.69, 9.17) is 10.5 Å². The SMILES string of the molecule is CCC(=O)OCC1CCCC1c1ccc(S(C)(=O)=O)c(N)c1. The van der Waals surface area contributed by atoms with Crippen molar-refractivity contribution in [2.75, 3.05) is 18.6 Å². The van der Waals surface area contributed by atoms with Gasteiger partial charge in [-0.25, -0.2) is 8.42 Å². The average Bonchev–Trinajstić information content (AvgIpc) is 2.91. The van der Waals surface area contributed by atoms with Crippen LogP contribution in [-0.4, -0.2) is 27.2 Å². The first kappa shape index (κ1) is 16.8. The fraction of sp³-hybridized carbons (Fsp3) is 0.562. The standard InChI is InChI=1S/C16H23NO4S/c1-3-16(18)21-10-12-5-4-6-13(12)11-7-8-15(14(17)9-11)22(2,19)20/h7-9,12-13H,3-6,10,17H2,1-2H3. The van der Waals surface area contributed by atoms with Crippen LogP contribution in [-0.2, 0) is 19.4 Å². The minimum absolute atomic E-state index is 0.170. The summed E-state index contributed by atoms with van der Waals surface area (Å²) in [5, 5.41) is 0. The second kappa shape index (κ2) is 6.69. The van der Waals surface area contributed by atoms with E-state index in [9.17, 15) is 13.2 Å². The highest BCUT2D eigenvalue weighted by Crippen LogP contribution is 2.41. The molecule has 1 aromatic carbocycles. The van der Waals surface area contributed by atoms with Crippen LogP contribution in [0.2, 0.25) is 0 Å². The molecule has 2 unspecified atom stereocenters. The van der Waals surface area contributed by atoms with Gasteiger partial charge < -0.3 is 10.5 Å². The highest BCUT2D eigenvalue weighted by atomic mass is 32.2. The van der Waals surface area contributed by atoms with Gasteiger partial charge in [0.25, 0.3) is 0 Å². The van der Waals surface area contributed by atoms with E-state index < -0.39 is 9.84 Å². The van der Waals surface area contributed by atoms with Gasteiger partial charge in [0, 0.05) is 12.7 Å². The molecule has 2 N–H and O–H groups in total. The van der Waals surface area contributed by atoms with Crippen molar-refractivity contribution in [3.8, 4) is 0 Å². The molecule has 1 aromatic rings. The number of rotatable bonds is 5. The Morgan fingerprint density at radius 3 is 2.68 bits per heavy atom. The Morgan fingerprint density at radius 2 is 2.09 bits per heavy atom. The lowest BCUT2D eigenvalue weighted by atomic mass is 9.89. The predicted octanol–water partition coefficient (Wildman–Crippen LogP) is 2.51. The number of carbonyl (C=O) groups excluding carboxylic acids is 1. The van der Waals surface area contributed by atoms with Crippen molar-refractivity contribution in [3.05, 3.63) is 23.8 Å². The van der Waals surface area contributed by atoms with Crippen LogP contribution < -0.4 is 5.73 Å². The van der Waals surface area contributed by atoms with Crippen molar-refractivity contribution in [1.29, 1.82) is 0 Å². The third-order valence-electron chi connectivity index (χ3n) is 4.27. The minimum atomic E-state index is -3.31. The molecule has 1 aliphatic carbocycles. The highest BCUT2D eigenvalue weighted by Gasteiger charge is 2.30. The Hall–Kier alpha value is -1.56. The van der Waals surface area contributed by atoms with Crippen molar-refractivity contribution in [1.82, 2.24) is 0 Å². The fourth-order valence-corrected chi connectivity index (χ4v) is 3.91. The molecule has 1 aliphatic rings. The van der Waals surface area contributed by atoms with E-state index >= 15 is 0 Å². The molecule has 0 spiro atoms. The zero-order chi connectivity index (χ0) is 16.3. The predicted molar refractivity (Wildman–Crippen MR) is 85.3 cm³/mol. The quantitative estimate of drug-likeness (QED) is 0.664. The largest absolute Gasteiger partial charge is 0.465 e. The van der Waals surface area contributed by atoms with Crippen molar-refractivity contribution in [2.45, 2.75) is 43.4 Å². The number of nitrogens with two attached hydrogens (primary N) is 1. The Kier molecular flexibility index (Phi) is 5.11. The van der Waals surface area contributed by atoms with E-state index in [0.29, 0.717) is 13.0 Å². The van der Waals surface area contributed by atoms with Crippen LogP contribution in [0.5, 0.6) is 0 Å². The van der Waals surface area contributed by atoms with Crippen LogP contribution in [0.4, 0.5) is 5.69 Å². The van der Waals surface area contributed by atoms with Crippen LogP contribution in [0.1, 0.15) is 44.1 Å². The summed E-state index contributed by atoms with van der Waals surface area (Å²) >= 11 is 0. The number of nitrogen functional groups attached to an aromatic ring is 1. The third-order valence-corrected chi connectivity index (χ3v) is 5.44. The molecule has 0 bridgehead atoms. The summed E-state index contributed by atoms with van der Waals surface area (Å²) < 4.78 is 28.5. The molecule has 22 heavy (non-hydrogen) atoms. The number of benzene rings is 1. The minimum Gasteiger partial charge on any atom is -0.465 e. The number of ether oxygens (including phenoxy) is 1. The van der Waals surface area contributed by atoms with Crippen LogP contribution in [0, 0.1) is 5.92 Å². The molecule has 5 nitrogen and oxygen atoms in total. The number of hydrogen-bond donors (Lipinski definition) is 1. The van der Waals surface area contributed by atoms with E-state index in [1.165, 1.54) is 0 Å². The third kappa shape index (κ3) is 3.80. The van der Waals surface area contributed by atoms with Crippen molar-refractivity contribution >= 4 is 21.5 Å². The van der Waals surface area contributed by atoms with Crippen LogP contribution in [0.25, 0.3) is 0 Å². The van der Waals surface area contributed by atoms with Gasteiger partial charge in [-0.05, 0) is 42.4 Å². The second-order valence-corrected chi connectivity index (χ2v) is 7.89. The molecule has 0 aromatic heterocycles. The summed E-state index contributed by atoms with van der Waals surface area (Å²) in [5.74, 6) is 0.358. The molecule has 2 atom stereocenters. The summed E-state index contributed by atoms with van der Waals surface area (Å²) in [4.78, 5) is 11.5. The number of sulfone groups is 1. The summed E-state index contributed by atoms with van der Waals surface area (Å²) in [6, 6.07) is 5.16.